The first-order valence-electron chi connectivity index (χ1n) is 18.2. The van der Waals surface area contributed by atoms with E-state index in [1.165, 1.54) is 5.56 Å². The van der Waals surface area contributed by atoms with E-state index in [9.17, 15) is 0 Å². The molecule has 0 N–H and O–H groups in total. The predicted molar refractivity (Wildman–Crippen MR) is 221 cm³/mol. The van der Waals surface area contributed by atoms with Crippen molar-refractivity contribution in [1.82, 2.24) is 24.9 Å². The number of rotatable bonds is 7. The Kier molecular flexibility index (Phi) is 8.04. The number of benzene rings is 6. The number of hydrogen-bond acceptors (Lipinski definition) is 6. The molecule has 4 heterocycles. The molecular formula is C49H31N5O. The van der Waals surface area contributed by atoms with Gasteiger partial charge in [0.1, 0.15) is 11.2 Å². The molecule has 0 saturated heterocycles. The van der Waals surface area contributed by atoms with Crippen LogP contribution in [0.5, 0.6) is 0 Å². The summed E-state index contributed by atoms with van der Waals surface area (Å²) in [5, 5.41) is 0.840. The molecule has 6 heteroatoms. The maximum Gasteiger partial charge on any atom is 0.229 e. The van der Waals surface area contributed by atoms with Crippen LogP contribution in [0, 0.1) is 0 Å². The van der Waals surface area contributed by atoms with Crippen LogP contribution in [0.4, 0.5) is 0 Å². The average Bonchev–Trinajstić information content (AvgIpc) is 3.65. The maximum absolute atomic E-state index is 6.37. The summed E-state index contributed by atoms with van der Waals surface area (Å²) in [7, 11) is 0. The van der Waals surface area contributed by atoms with Crippen molar-refractivity contribution in [2.24, 2.45) is 0 Å². The van der Waals surface area contributed by atoms with E-state index < -0.39 is 0 Å². The van der Waals surface area contributed by atoms with Gasteiger partial charge in [-0.25, -0.2) is 24.9 Å². The molecule has 0 atom stereocenters. The van der Waals surface area contributed by atoms with Crippen LogP contribution >= 0.6 is 0 Å². The molecule has 0 aliphatic heterocycles. The van der Waals surface area contributed by atoms with E-state index in [1.54, 1.807) is 0 Å². The Bertz CT molecular complexity index is 2930. The van der Waals surface area contributed by atoms with E-state index in [4.69, 9.17) is 29.3 Å². The molecule has 55 heavy (non-hydrogen) atoms. The van der Waals surface area contributed by atoms with Crippen molar-refractivity contribution in [3.63, 3.8) is 0 Å². The van der Waals surface area contributed by atoms with Crippen LogP contribution in [0.3, 0.4) is 0 Å². The lowest BCUT2D eigenvalue weighted by molar-refractivity contribution is 0.653. The summed E-state index contributed by atoms with van der Waals surface area (Å²) >= 11 is 0. The number of aromatic nitrogens is 5. The molecule has 6 aromatic carbocycles. The monoisotopic (exact) mass is 705 g/mol. The number of furan rings is 1. The molecule has 0 bridgehead atoms. The average molecular weight is 706 g/mol. The number of hydrogen-bond donors (Lipinski definition) is 0. The summed E-state index contributed by atoms with van der Waals surface area (Å²) in [5.41, 5.74) is 13.4. The van der Waals surface area contributed by atoms with E-state index in [0.29, 0.717) is 22.9 Å². The highest BCUT2D eigenvalue weighted by atomic mass is 16.3. The van der Waals surface area contributed by atoms with Crippen LogP contribution in [0.25, 0.3) is 101 Å². The minimum absolute atomic E-state index is 0.525. The van der Waals surface area contributed by atoms with Crippen LogP contribution in [-0.4, -0.2) is 24.9 Å². The maximum atomic E-state index is 6.37. The third-order valence-corrected chi connectivity index (χ3v) is 9.81. The lowest BCUT2D eigenvalue weighted by Gasteiger charge is -2.11. The Morgan fingerprint density at radius 3 is 1.36 bits per heavy atom. The van der Waals surface area contributed by atoms with Gasteiger partial charge in [0.05, 0.1) is 16.8 Å². The molecule has 0 unspecified atom stereocenters. The highest BCUT2D eigenvalue weighted by Gasteiger charge is 2.20. The molecule has 4 aromatic heterocycles. The van der Waals surface area contributed by atoms with Crippen molar-refractivity contribution >= 4 is 22.2 Å². The number of nitrogens with zero attached hydrogens (tertiary/aromatic N) is 5. The van der Waals surface area contributed by atoms with Crippen molar-refractivity contribution in [3.8, 4) is 78.8 Å². The van der Waals surface area contributed by atoms with Gasteiger partial charge in [-0.05, 0) is 28.8 Å². The summed E-state index contributed by atoms with van der Waals surface area (Å²) in [6, 6.07) is 61.8. The Hall–Kier alpha value is -7.57. The molecule has 10 aromatic rings. The number of pyridine rings is 1. The molecule has 0 radical (unpaired) electrons. The Balaban J connectivity index is 1.07. The zero-order chi connectivity index (χ0) is 36.6. The normalized spacial score (nSPS) is 11.3. The fourth-order valence-corrected chi connectivity index (χ4v) is 6.95. The first-order valence-corrected chi connectivity index (χ1v) is 18.2. The van der Waals surface area contributed by atoms with E-state index in [2.05, 4.69) is 97.1 Å². The molecule has 0 spiro atoms. The zero-order valence-electron chi connectivity index (χ0n) is 29.5. The van der Waals surface area contributed by atoms with E-state index >= 15 is 0 Å². The van der Waals surface area contributed by atoms with Crippen LogP contribution in [-0.2, 0) is 0 Å². The largest absolute Gasteiger partial charge is 0.434 e. The van der Waals surface area contributed by atoms with Gasteiger partial charge in [-0.3, -0.25) is 0 Å². The molecular weight excluding hydrogens is 675 g/mol. The Morgan fingerprint density at radius 2 is 0.782 bits per heavy atom. The van der Waals surface area contributed by atoms with Gasteiger partial charge in [0.2, 0.25) is 5.71 Å². The Labute approximate surface area is 317 Å². The molecule has 258 valence electrons. The first-order chi connectivity index (χ1) is 27.2. The topological polar surface area (TPSA) is 77.6 Å². The lowest BCUT2D eigenvalue weighted by atomic mass is 10.0. The second-order valence-corrected chi connectivity index (χ2v) is 13.3. The summed E-state index contributed by atoms with van der Waals surface area (Å²) in [4.78, 5) is 25.0. The smallest absolute Gasteiger partial charge is 0.229 e. The highest BCUT2D eigenvalue weighted by molar-refractivity contribution is 6.07. The summed E-state index contributed by atoms with van der Waals surface area (Å²) < 4.78 is 6.37. The summed E-state index contributed by atoms with van der Waals surface area (Å²) in [5.74, 6) is 1.26. The molecule has 0 aliphatic carbocycles. The van der Waals surface area contributed by atoms with E-state index in [-0.39, 0.29) is 0 Å². The first kappa shape index (κ1) is 32.1. The van der Waals surface area contributed by atoms with Gasteiger partial charge in [0, 0.05) is 39.6 Å². The SMILES string of the molecule is c1ccc(-c2ccc(-c3cc(-c4ccc(-c5nc(-c6ccccc6)c6oc7ncc(-c8ccccc8)cc7c6n5)cc4)nc(-c4ccccc4)n3)cc2)cc1. The second kappa shape index (κ2) is 13.8. The minimum Gasteiger partial charge on any atom is -0.434 e. The zero-order valence-corrected chi connectivity index (χ0v) is 29.5. The van der Waals surface area contributed by atoms with Crippen molar-refractivity contribution in [2.75, 3.05) is 0 Å². The van der Waals surface area contributed by atoms with Gasteiger partial charge in [-0.2, -0.15) is 0 Å². The van der Waals surface area contributed by atoms with Crippen molar-refractivity contribution in [1.29, 1.82) is 0 Å². The second-order valence-electron chi connectivity index (χ2n) is 13.3. The van der Waals surface area contributed by atoms with Crippen molar-refractivity contribution in [2.45, 2.75) is 0 Å². The van der Waals surface area contributed by atoms with Crippen molar-refractivity contribution < 1.29 is 4.42 Å². The van der Waals surface area contributed by atoms with Crippen LogP contribution in [0.2, 0.25) is 0 Å². The standard InChI is InChI=1S/C49H31N5O/c1-5-13-32(14-6-1)34-21-23-35(24-22-34)42-30-43(52-47(51-42)38-19-11-4-12-20-38)36-25-27-39(28-26-36)48-53-44(37-17-9-3-10-18-37)46-45(54-48)41-29-40(31-50-49(41)55-46)33-15-7-2-8-16-33/h1-31H. The lowest BCUT2D eigenvalue weighted by Crippen LogP contribution is -1.96. The molecule has 6 nitrogen and oxygen atoms in total. The quantitative estimate of drug-likeness (QED) is 0.164. The predicted octanol–water partition coefficient (Wildman–Crippen LogP) is 12.2. The summed E-state index contributed by atoms with van der Waals surface area (Å²) in [6.07, 6.45) is 1.84. The molecule has 10 rings (SSSR count). The van der Waals surface area contributed by atoms with Gasteiger partial charge in [-0.1, -0.05) is 170 Å². The highest BCUT2D eigenvalue weighted by Crippen LogP contribution is 2.37. The minimum atomic E-state index is 0.525. The third-order valence-electron chi connectivity index (χ3n) is 9.81. The van der Waals surface area contributed by atoms with Gasteiger partial charge in [0.15, 0.2) is 17.2 Å². The van der Waals surface area contributed by atoms with Gasteiger partial charge < -0.3 is 4.42 Å². The fraction of sp³-hybridized carbons (Fsp3) is 0. The van der Waals surface area contributed by atoms with E-state index in [0.717, 1.165) is 72.5 Å². The van der Waals surface area contributed by atoms with Crippen LogP contribution in [0.1, 0.15) is 0 Å². The van der Waals surface area contributed by atoms with Gasteiger partial charge >= 0.3 is 0 Å². The van der Waals surface area contributed by atoms with Gasteiger partial charge in [-0.15, -0.1) is 0 Å². The Morgan fingerprint density at radius 1 is 0.345 bits per heavy atom. The number of fused-ring (bicyclic) bond motifs is 3. The third kappa shape index (κ3) is 6.22. The molecule has 0 fully saturated rings. The molecule has 0 aliphatic rings. The van der Waals surface area contributed by atoms with Crippen molar-refractivity contribution in [3.05, 3.63) is 188 Å². The van der Waals surface area contributed by atoms with Crippen LogP contribution < -0.4 is 0 Å². The molecule has 0 amide bonds. The van der Waals surface area contributed by atoms with E-state index in [1.807, 2.05) is 91.1 Å². The van der Waals surface area contributed by atoms with Crippen LogP contribution in [0.15, 0.2) is 193 Å². The van der Waals surface area contributed by atoms with Gasteiger partial charge in [0.25, 0.3) is 0 Å². The fourth-order valence-electron chi connectivity index (χ4n) is 6.95. The molecule has 0 saturated carbocycles. The summed E-state index contributed by atoms with van der Waals surface area (Å²) in [6.45, 7) is 0.